The summed E-state index contributed by atoms with van der Waals surface area (Å²) < 4.78 is 0. The fourth-order valence-corrected chi connectivity index (χ4v) is 2.51. The van der Waals surface area contributed by atoms with Crippen LogP contribution < -0.4 is 0 Å². The van der Waals surface area contributed by atoms with Gasteiger partial charge in [0, 0.05) is 30.6 Å². The van der Waals surface area contributed by atoms with Crippen LogP contribution in [-0.4, -0.2) is 0 Å². The van der Waals surface area contributed by atoms with Gasteiger partial charge < -0.3 is 0 Å². The number of unbranched alkanes of at least 4 members (excludes halogenated alkanes) is 3. The van der Waals surface area contributed by atoms with Gasteiger partial charge >= 0.3 is 0 Å². The fraction of sp³-hybridized carbons (Fsp3) is 0.722. The molecule has 0 radical (unpaired) electrons. The Morgan fingerprint density at radius 2 is 1.00 bits per heavy atom. The molecule has 0 aromatic heterocycles. The van der Waals surface area contributed by atoms with Crippen molar-refractivity contribution in [2.24, 2.45) is 17.8 Å². The Balaban J connectivity index is 4.20. The average molecular weight is 309 g/mol. The molecule has 0 saturated carbocycles. The van der Waals surface area contributed by atoms with Crippen molar-refractivity contribution in [3.63, 3.8) is 0 Å². The molecule has 0 saturated heterocycles. The third-order valence-corrected chi connectivity index (χ3v) is 3.91. The topological polar surface area (TPSA) is 119 Å². The first-order valence-corrected chi connectivity index (χ1v) is 8.14. The van der Waals surface area contributed by atoms with Crippen LogP contribution in [0.25, 0.3) is 0 Å². The summed E-state index contributed by atoms with van der Waals surface area (Å²) >= 11 is 0. The van der Waals surface area contributed by atoms with E-state index in [9.17, 15) is 10.5 Å². The molecule has 0 aromatic rings. The zero-order chi connectivity index (χ0) is 17.3. The first-order valence-electron chi connectivity index (χ1n) is 8.14. The molecule has 120 valence electrons. The predicted octanol–water partition coefficient (Wildman–Crippen LogP) is 4.35. The minimum absolute atomic E-state index is 0.115. The van der Waals surface area contributed by atoms with E-state index < -0.39 is 0 Å². The monoisotopic (exact) mass is 309 g/mol. The van der Waals surface area contributed by atoms with E-state index in [-0.39, 0.29) is 17.8 Å². The summed E-state index contributed by atoms with van der Waals surface area (Å²) in [6.45, 7) is 0. The number of hydrogen-bond acceptors (Lipinski definition) is 5. The van der Waals surface area contributed by atoms with Gasteiger partial charge in [0.2, 0.25) is 0 Å². The quantitative estimate of drug-likeness (QED) is 0.496. The molecule has 0 heterocycles. The predicted molar refractivity (Wildman–Crippen MR) is 84.7 cm³/mol. The third-order valence-electron chi connectivity index (χ3n) is 3.91. The minimum Gasteiger partial charge on any atom is -0.198 e. The van der Waals surface area contributed by atoms with Crippen molar-refractivity contribution in [1.82, 2.24) is 0 Å². The Hall–Kier alpha value is -2.55. The van der Waals surface area contributed by atoms with Crippen LogP contribution in [-0.2, 0) is 0 Å². The van der Waals surface area contributed by atoms with Crippen molar-refractivity contribution in [3.05, 3.63) is 0 Å². The minimum atomic E-state index is -0.206. The van der Waals surface area contributed by atoms with E-state index in [0.29, 0.717) is 44.9 Å². The Labute approximate surface area is 139 Å². The van der Waals surface area contributed by atoms with Gasteiger partial charge in [0.25, 0.3) is 0 Å². The number of hydrogen-bond donors (Lipinski definition) is 0. The second-order valence-electron chi connectivity index (χ2n) is 5.75. The first kappa shape index (κ1) is 20.5. The smallest absolute Gasteiger partial charge is 0.0656 e. The standard InChI is InChI=1S/C18H23N5/c19-10-4-1-2-7-17(14-22)12-18(15-23)9-8-16(13-21)6-3-5-11-20/h16-18H,1-9,12H2. The Bertz CT molecular complexity index is 520. The summed E-state index contributed by atoms with van der Waals surface area (Å²) in [6.07, 6.45) is 6.52. The molecular formula is C18H23N5. The van der Waals surface area contributed by atoms with Gasteiger partial charge in [-0.05, 0) is 44.9 Å². The van der Waals surface area contributed by atoms with Crippen molar-refractivity contribution < 1.29 is 0 Å². The Morgan fingerprint density at radius 1 is 0.522 bits per heavy atom. The van der Waals surface area contributed by atoms with Gasteiger partial charge in [-0.3, -0.25) is 0 Å². The Morgan fingerprint density at radius 3 is 1.57 bits per heavy atom. The fourth-order valence-electron chi connectivity index (χ4n) is 2.51. The molecule has 5 nitrogen and oxygen atoms in total. The number of rotatable bonds is 12. The second-order valence-corrected chi connectivity index (χ2v) is 5.75. The maximum absolute atomic E-state index is 9.25. The highest BCUT2D eigenvalue weighted by Crippen LogP contribution is 2.24. The van der Waals surface area contributed by atoms with Crippen LogP contribution >= 0.6 is 0 Å². The molecule has 23 heavy (non-hydrogen) atoms. The first-order chi connectivity index (χ1) is 11.2. The van der Waals surface area contributed by atoms with E-state index in [4.69, 9.17) is 15.8 Å². The van der Waals surface area contributed by atoms with Gasteiger partial charge in [-0.1, -0.05) is 6.42 Å². The van der Waals surface area contributed by atoms with Crippen molar-refractivity contribution in [3.8, 4) is 30.3 Å². The molecule has 0 spiro atoms. The lowest BCUT2D eigenvalue weighted by atomic mass is 9.86. The molecule has 0 aliphatic carbocycles. The maximum Gasteiger partial charge on any atom is 0.0656 e. The third kappa shape index (κ3) is 10.8. The summed E-state index contributed by atoms with van der Waals surface area (Å²) in [4.78, 5) is 0. The SMILES string of the molecule is N#CCCCCC(C#N)CC(C#N)CCC(C#N)CCCC#N. The summed E-state index contributed by atoms with van der Waals surface area (Å²) in [5.74, 6) is -0.477. The molecule has 0 bridgehead atoms. The second kappa shape index (κ2) is 14.4. The molecule has 3 atom stereocenters. The van der Waals surface area contributed by atoms with Crippen LogP contribution in [0.5, 0.6) is 0 Å². The maximum atomic E-state index is 9.25. The van der Waals surface area contributed by atoms with Gasteiger partial charge in [-0.15, -0.1) is 0 Å². The summed E-state index contributed by atoms with van der Waals surface area (Å²) in [5, 5.41) is 44.6. The lowest BCUT2D eigenvalue weighted by Gasteiger charge is -2.15. The highest BCUT2D eigenvalue weighted by Gasteiger charge is 2.18. The van der Waals surface area contributed by atoms with Crippen LogP contribution in [0.1, 0.15) is 64.2 Å². The zero-order valence-electron chi connectivity index (χ0n) is 13.5. The van der Waals surface area contributed by atoms with Crippen LogP contribution in [0.4, 0.5) is 0 Å². The van der Waals surface area contributed by atoms with E-state index in [0.717, 1.165) is 19.3 Å². The largest absolute Gasteiger partial charge is 0.198 e. The summed E-state index contributed by atoms with van der Waals surface area (Å²) in [5.41, 5.74) is 0. The summed E-state index contributed by atoms with van der Waals surface area (Å²) in [7, 11) is 0. The van der Waals surface area contributed by atoms with Gasteiger partial charge in [0.05, 0.1) is 30.3 Å². The molecule has 0 fully saturated rings. The zero-order valence-corrected chi connectivity index (χ0v) is 13.5. The van der Waals surface area contributed by atoms with Crippen LogP contribution in [0, 0.1) is 74.4 Å². The highest BCUT2D eigenvalue weighted by atomic mass is 14.3. The van der Waals surface area contributed by atoms with Crippen LogP contribution in [0.15, 0.2) is 0 Å². The van der Waals surface area contributed by atoms with Crippen LogP contribution in [0.3, 0.4) is 0 Å². The highest BCUT2D eigenvalue weighted by molar-refractivity contribution is 4.93. The lowest BCUT2D eigenvalue weighted by molar-refractivity contribution is 0.404. The molecule has 3 unspecified atom stereocenters. The normalized spacial score (nSPS) is 13.3. The van der Waals surface area contributed by atoms with Gasteiger partial charge in [-0.25, -0.2) is 0 Å². The molecule has 0 rings (SSSR count). The summed E-state index contributed by atoms with van der Waals surface area (Å²) in [6, 6.07) is 10.9. The lowest BCUT2D eigenvalue weighted by Crippen LogP contribution is -2.09. The van der Waals surface area contributed by atoms with Gasteiger partial charge in [-0.2, -0.15) is 26.3 Å². The van der Waals surface area contributed by atoms with E-state index in [2.05, 4.69) is 30.3 Å². The van der Waals surface area contributed by atoms with E-state index in [1.807, 2.05) is 0 Å². The van der Waals surface area contributed by atoms with E-state index >= 15 is 0 Å². The van der Waals surface area contributed by atoms with E-state index in [1.54, 1.807) is 0 Å². The number of nitrogens with zero attached hydrogens (tertiary/aromatic N) is 5. The molecule has 0 N–H and O–H groups in total. The molecule has 0 aliphatic rings. The van der Waals surface area contributed by atoms with Crippen molar-refractivity contribution in [1.29, 1.82) is 26.3 Å². The van der Waals surface area contributed by atoms with Gasteiger partial charge in [0.15, 0.2) is 0 Å². The molecule has 0 amide bonds. The molecule has 0 aromatic carbocycles. The molecule has 0 aliphatic heterocycles. The molecule has 5 heteroatoms. The van der Waals surface area contributed by atoms with Gasteiger partial charge in [0.1, 0.15) is 0 Å². The van der Waals surface area contributed by atoms with E-state index in [1.165, 1.54) is 0 Å². The van der Waals surface area contributed by atoms with Crippen molar-refractivity contribution >= 4 is 0 Å². The number of nitriles is 5. The van der Waals surface area contributed by atoms with Crippen molar-refractivity contribution in [2.75, 3.05) is 0 Å². The van der Waals surface area contributed by atoms with Crippen molar-refractivity contribution in [2.45, 2.75) is 64.2 Å². The van der Waals surface area contributed by atoms with Crippen LogP contribution in [0.2, 0.25) is 0 Å². The molecular weight excluding hydrogens is 286 g/mol. The Kier molecular flexibility index (Phi) is 12.8. The average Bonchev–Trinajstić information content (AvgIpc) is 2.58.